The second-order valence-corrected chi connectivity index (χ2v) is 4.81. The van der Waals surface area contributed by atoms with Crippen LogP contribution in [-0.4, -0.2) is 38.9 Å². The van der Waals surface area contributed by atoms with Crippen LogP contribution in [0.3, 0.4) is 0 Å². The number of likely N-dealkylation sites (N-methyl/N-ethyl adjacent to an activating group) is 1. The summed E-state index contributed by atoms with van der Waals surface area (Å²) in [7, 11) is 3.36. The minimum Gasteiger partial charge on any atom is -0.465 e. The Labute approximate surface area is 113 Å². The van der Waals surface area contributed by atoms with E-state index in [0.29, 0.717) is 17.3 Å². The van der Waals surface area contributed by atoms with E-state index in [0.717, 1.165) is 18.7 Å². The molecule has 2 rings (SSSR count). The minimum absolute atomic E-state index is 0.185. The second kappa shape index (κ2) is 5.48. The molecule has 2 N–H and O–H groups in total. The molecule has 1 aliphatic rings. The van der Waals surface area contributed by atoms with E-state index >= 15 is 0 Å². The first-order valence-corrected chi connectivity index (χ1v) is 6.37. The summed E-state index contributed by atoms with van der Waals surface area (Å²) in [5.74, 6) is -0.376. The first-order chi connectivity index (χ1) is 9.04. The minimum atomic E-state index is -0.376. The van der Waals surface area contributed by atoms with Gasteiger partial charge in [0.15, 0.2) is 0 Å². The van der Waals surface area contributed by atoms with E-state index in [1.54, 1.807) is 12.1 Å². The number of carbonyl (C=O) groups excluding carboxylic acids is 1. The number of nitrogens with zero attached hydrogens (tertiary/aromatic N) is 1. The van der Waals surface area contributed by atoms with Crippen LogP contribution in [0, 0.1) is 0 Å². The van der Waals surface area contributed by atoms with E-state index in [1.807, 2.05) is 13.1 Å². The molecular formula is C14H20N2O3. The average Bonchev–Trinajstić information content (AvgIpc) is 2.83. The number of carbonyl (C=O) groups is 1. The Morgan fingerprint density at radius 1 is 1.53 bits per heavy atom. The summed E-state index contributed by atoms with van der Waals surface area (Å²) < 4.78 is 10.3. The molecule has 0 aromatic heterocycles. The Balaban J connectivity index is 2.23. The zero-order chi connectivity index (χ0) is 14.0. The largest absolute Gasteiger partial charge is 0.465 e. The van der Waals surface area contributed by atoms with Crippen molar-refractivity contribution in [2.45, 2.75) is 25.5 Å². The van der Waals surface area contributed by atoms with Crippen LogP contribution in [0.4, 0.5) is 11.4 Å². The van der Waals surface area contributed by atoms with Crippen molar-refractivity contribution in [1.82, 2.24) is 0 Å². The van der Waals surface area contributed by atoms with Gasteiger partial charge in [-0.2, -0.15) is 0 Å². The van der Waals surface area contributed by atoms with Crippen LogP contribution >= 0.6 is 0 Å². The van der Waals surface area contributed by atoms with Gasteiger partial charge in [0.2, 0.25) is 0 Å². The molecule has 2 atom stereocenters. The number of nitrogens with two attached hydrogens (primary N) is 1. The van der Waals surface area contributed by atoms with Gasteiger partial charge < -0.3 is 20.1 Å². The Morgan fingerprint density at radius 2 is 2.26 bits per heavy atom. The summed E-state index contributed by atoms with van der Waals surface area (Å²) in [5, 5.41) is 0. The van der Waals surface area contributed by atoms with Gasteiger partial charge in [0, 0.05) is 13.7 Å². The van der Waals surface area contributed by atoms with Crippen molar-refractivity contribution in [1.29, 1.82) is 0 Å². The Kier molecular flexibility index (Phi) is 3.95. The third-order valence-electron chi connectivity index (χ3n) is 3.66. The molecule has 0 spiro atoms. The highest BCUT2D eigenvalue weighted by Gasteiger charge is 2.29. The molecule has 0 bridgehead atoms. The van der Waals surface area contributed by atoms with Gasteiger partial charge in [-0.05, 0) is 31.5 Å². The number of benzene rings is 1. The predicted molar refractivity (Wildman–Crippen MR) is 74.4 cm³/mol. The van der Waals surface area contributed by atoms with Crippen molar-refractivity contribution < 1.29 is 14.3 Å². The molecule has 5 nitrogen and oxygen atoms in total. The van der Waals surface area contributed by atoms with Crippen LogP contribution in [0.1, 0.15) is 23.7 Å². The SMILES string of the molecule is COC(=O)c1ccc(N(C)C2CCOC2C)c(N)c1. The molecule has 5 heteroatoms. The van der Waals surface area contributed by atoms with Gasteiger partial charge in [-0.3, -0.25) is 0 Å². The normalized spacial score (nSPS) is 22.3. The summed E-state index contributed by atoms with van der Waals surface area (Å²) >= 11 is 0. The molecule has 2 unspecified atom stereocenters. The quantitative estimate of drug-likeness (QED) is 0.664. The van der Waals surface area contributed by atoms with Crippen LogP contribution in [0.2, 0.25) is 0 Å². The fourth-order valence-corrected chi connectivity index (χ4v) is 2.53. The van der Waals surface area contributed by atoms with Gasteiger partial charge in [0.1, 0.15) is 0 Å². The third kappa shape index (κ3) is 2.66. The molecule has 0 saturated carbocycles. The van der Waals surface area contributed by atoms with Crippen LogP contribution in [-0.2, 0) is 9.47 Å². The Morgan fingerprint density at radius 3 is 2.79 bits per heavy atom. The molecular weight excluding hydrogens is 244 g/mol. The highest BCUT2D eigenvalue weighted by Crippen LogP contribution is 2.29. The van der Waals surface area contributed by atoms with E-state index in [2.05, 4.69) is 16.6 Å². The predicted octanol–water partition coefficient (Wildman–Crippen LogP) is 1.67. The number of hydrogen-bond donors (Lipinski definition) is 1. The summed E-state index contributed by atoms with van der Waals surface area (Å²) in [6, 6.07) is 5.55. The van der Waals surface area contributed by atoms with Gasteiger partial charge >= 0.3 is 5.97 Å². The fraction of sp³-hybridized carbons (Fsp3) is 0.500. The van der Waals surface area contributed by atoms with Crippen LogP contribution in [0.15, 0.2) is 18.2 Å². The lowest BCUT2D eigenvalue weighted by molar-refractivity contribution is 0.0601. The van der Waals surface area contributed by atoms with Crippen molar-refractivity contribution in [2.75, 3.05) is 31.4 Å². The molecule has 1 aromatic carbocycles. The molecule has 0 aliphatic carbocycles. The van der Waals surface area contributed by atoms with Crippen molar-refractivity contribution in [3.63, 3.8) is 0 Å². The second-order valence-electron chi connectivity index (χ2n) is 4.81. The molecule has 1 aliphatic heterocycles. The van der Waals surface area contributed by atoms with Crippen molar-refractivity contribution in [3.8, 4) is 0 Å². The van der Waals surface area contributed by atoms with Gasteiger partial charge in [0.25, 0.3) is 0 Å². The van der Waals surface area contributed by atoms with Gasteiger partial charge in [0.05, 0.1) is 36.2 Å². The third-order valence-corrected chi connectivity index (χ3v) is 3.66. The van der Waals surface area contributed by atoms with Crippen molar-refractivity contribution in [2.24, 2.45) is 0 Å². The highest BCUT2D eigenvalue weighted by molar-refractivity contribution is 5.92. The van der Waals surface area contributed by atoms with Crippen LogP contribution < -0.4 is 10.6 Å². The lowest BCUT2D eigenvalue weighted by Crippen LogP contribution is -2.37. The number of esters is 1. The number of methoxy groups -OCH3 is 1. The smallest absolute Gasteiger partial charge is 0.337 e. The van der Waals surface area contributed by atoms with Crippen molar-refractivity contribution >= 4 is 17.3 Å². The lowest BCUT2D eigenvalue weighted by atomic mass is 10.1. The first-order valence-electron chi connectivity index (χ1n) is 6.37. The van der Waals surface area contributed by atoms with Crippen LogP contribution in [0.5, 0.6) is 0 Å². The zero-order valence-corrected chi connectivity index (χ0v) is 11.6. The summed E-state index contributed by atoms with van der Waals surface area (Å²) in [4.78, 5) is 13.6. The van der Waals surface area contributed by atoms with E-state index < -0.39 is 0 Å². The number of rotatable bonds is 3. The molecule has 104 valence electrons. The fourth-order valence-electron chi connectivity index (χ4n) is 2.53. The van der Waals surface area contributed by atoms with Gasteiger partial charge in [-0.25, -0.2) is 4.79 Å². The molecule has 19 heavy (non-hydrogen) atoms. The van der Waals surface area contributed by atoms with E-state index in [4.69, 9.17) is 10.5 Å². The molecule has 1 saturated heterocycles. The summed E-state index contributed by atoms with van der Waals surface area (Å²) in [6.07, 6.45) is 1.17. The topological polar surface area (TPSA) is 64.8 Å². The van der Waals surface area contributed by atoms with Gasteiger partial charge in [-0.15, -0.1) is 0 Å². The Bertz CT molecular complexity index is 476. The van der Waals surface area contributed by atoms with Crippen molar-refractivity contribution in [3.05, 3.63) is 23.8 Å². The number of anilines is 2. The molecule has 1 heterocycles. The number of hydrogen-bond acceptors (Lipinski definition) is 5. The standard InChI is InChI=1S/C14H20N2O3/c1-9-12(6-7-19-9)16(2)13-5-4-10(8-11(13)15)14(17)18-3/h4-5,8-9,12H,6-7,15H2,1-3H3. The summed E-state index contributed by atoms with van der Waals surface area (Å²) in [5.41, 5.74) is 7.99. The summed E-state index contributed by atoms with van der Waals surface area (Å²) in [6.45, 7) is 2.84. The highest BCUT2D eigenvalue weighted by atomic mass is 16.5. The Hall–Kier alpha value is -1.75. The average molecular weight is 264 g/mol. The van der Waals surface area contributed by atoms with E-state index in [-0.39, 0.29) is 12.1 Å². The van der Waals surface area contributed by atoms with Gasteiger partial charge in [-0.1, -0.05) is 0 Å². The molecule has 0 amide bonds. The maximum Gasteiger partial charge on any atom is 0.337 e. The zero-order valence-electron chi connectivity index (χ0n) is 11.6. The van der Waals surface area contributed by atoms with E-state index in [1.165, 1.54) is 7.11 Å². The monoisotopic (exact) mass is 264 g/mol. The lowest BCUT2D eigenvalue weighted by Gasteiger charge is -2.29. The number of ether oxygens (including phenoxy) is 2. The van der Waals surface area contributed by atoms with E-state index in [9.17, 15) is 4.79 Å². The maximum absolute atomic E-state index is 11.4. The molecule has 1 aromatic rings. The molecule has 1 fully saturated rings. The molecule has 0 radical (unpaired) electrons. The maximum atomic E-state index is 11.4. The van der Waals surface area contributed by atoms with Crippen LogP contribution in [0.25, 0.3) is 0 Å². The number of nitrogen functional groups attached to an aromatic ring is 1. The first kappa shape index (κ1) is 13.7.